The number of anilines is 1. The topological polar surface area (TPSA) is 35.6 Å². The number of nitrogens with zero attached hydrogens (tertiary/aromatic N) is 2. The van der Waals surface area contributed by atoms with Crippen LogP contribution in [0.1, 0.15) is 11.1 Å². The second-order valence-corrected chi connectivity index (χ2v) is 7.05. The van der Waals surface area contributed by atoms with E-state index in [1.165, 1.54) is 36.4 Å². The number of nitrogens with one attached hydrogen (secondary N) is 1. The second-order valence-electron chi connectivity index (χ2n) is 7.05. The van der Waals surface area contributed by atoms with Gasteiger partial charge in [0.15, 0.2) is 0 Å². The van der Waals surface area contributed by atoms with E-state index < -0.39 is 11.7 Å². The Kier molecular flexibility index (Phi) is 7.10. The number of hydrogen-bond donors (Lipinski definition) is 1. The summed E-state index contributed by atoms with van der Waals surface area (Å²) in [6, 6.07) is 11.3. The second kappa shape index (κ2) is 9.75. The van der Waals surface area contributed by atoms with E-state index >= 15 is 0 Å². The molecule has 30 heavy (non-hydrogen) atoms. The Morgan fingerprint density at radius 2 is 1.73 bits per heavy atom. The van der Waals surface area contributed by atoms with Gasteiger partial charge < -0.3 is 10.2 Å². The first kappa shape index (κ1) is 21.8. The molecule has 160 valence electrons. The van der Waals surface area contributed by atoms with Crippen molar-refractivity contribution < 1.29 is 22.4 Å². The maximum atomic E-state index is 13.0. The summed E-state index contributed by atoms with van der Waals surface area (Å²) in [4.78, 5) is 16.3. The normalized spacial score (nSPS) is 15.5. The fourth-order valence-electron chi connectivity index (χ4n) is 3.27. The monoisotopic (exact) mass is 421 g/mol. The van der Waals surface area contributed by atoms with Crippen molar-refractivity contribution in [2.45, 2.75) is 6.18 Å². The molecule has 0 unspecified atom stereocenters. The highest BCUT2D eigenvalue weighted by atomic mass is 19.4. The zero-order valence-electron chi connectivity index (χ0n) is 16.3. The van der Waals surface area contributed by atoms with Crippen LogP contribution in [0, 0.1) is 5.82 Å². The first-order valence-corrected chi connectivity index (χ1v) is 9.67. The van der Waals surface area contributed by atoms with E-state index in [0.29, 0.717) is 18.7 Å². The van der Waals surface area contributed by atoms with E-state index in [0.717, 1.165) is 44.0 Å². The molecule has 1 amide bonds. The number of halogens is 4. The van der Waals surface area contributed by atoms with Crippen LogP contribution in [-0.2, 0) is 11.0 Å². The van der Waals surface area contributed by atoms with Gasteiger partial charge >= 0.3 is 6.18 Å². The Morgan fingerprint density at radius 3 is 2.40 bits per heavy atom. The molecule has 0 radical (unpaired) electrons. The predicted molar refractivity (Wildman–Crippen MR) is 109 cm³/mol. The highest BCUT2D eigenvalue weighted by Crippen LogP contribution is 2.29. The molecule has 2 aromatic rings. The SMILES string of the molecule is O=C(/C=C/c1cccc(C(F)(F)F)c1)NCCN1CCN(c2ccc(F)cc2)CC1. The predicted octanol–water partition coefficient (Wildman–Crippen LogP) is 3.80. The summed E-state index contributed by atoms with van der Waals surface area (Å²) in [7, 11) is 0. The molecule has 0 saturated carbocycles. The molecule has 1 fully saturated rings. The van der Waals surface area contributed by atoms with Crippen molar-refractivity contribution in [1.82, 2.24) is 10.2 Å². The van der Waals surface area contributed by atoms with Crippen LogP contribution >= 0.6 is 0 Å². The first-order valence-electron chi connectivity index (χ1n) is 9.67. The van der Waals surface area contributed by atoms with Crippen LogP contribution in [-0.4, -0.2) is 50.1 Å². The molecule has 1 saturated heterocycles. The zero-order valence-corrected chi connectivity index (χ0v) is 16.3. The molecule has 1 N–H and O–H groups in total. The summed E-state index contributed by atoms with van der Waals surface area (Å²) >= 11 is 0. The van der Waals surface area contributed by atoms with E-state index in [-0.39, 0.29) is 11.7 Å². The molecule has 4 nitrogen and oxygen atoms in total. The average molecular weight is 421 g/mol. The lowest BCUT2D eigenvalue weighted by molar-refractivity contribution is -0.137. The summed E-state index contributed by atoms with van der Waals surface area (Å²) in [6.07, 6.45) is -1.80. The van der Waals surface area contributed by atoms with Gasteiger partial charge in [0.05, 0.1) is 5.56 Å². The Labute approximate surface area is 172 Å². The lowest BCUT2D eigenvalue weighted by atomic mass is 10.1. The fourth-order valence-corrected chi connectivity index (χ4v) is 3.27. The average Bonchev–Trinajstić information content (AvgIpc) is 2.73. The lowest BCUT2D eigenvalue weighted by Crippen LogP contribution is -2.48. The number of rotatable bonds is 6. The number of amides is 1. The maximum Gasteiger partial charge on any atom is 0.416 e. The van der Waals surface area contributed by atoms with Crippen molar-refractivity contribution in [2.24, 2.45) is 0 Å². The number of carbonyl (C=O) groups excluding carboxylic acids is 1. The van der Waals surface area contributed by atoms with Crippen molar-refractivity contribution in [3.05, 3.63) is 71.6 Å². The summed E-state index contributed by atoms with van der Waals surface area (Å²) in [5.74, 6) is -0.604. The summed E-state index contributed by atoms with van der Waals surface area (Å²) in [6.45, 7) is 4.41. The van der Waals surface area contributed by atoms with Gasteiger partial charge in [0.2, 0.25) is 5.91 Å². The van der Waals surface area contributed by atoms with Crippen molar-refractivity contribution >= 4 is 17.7 Å². The van der Waals surface area contributed by atoms with E-state index in [4.69, 9.17) is 0 Å². The van der Waals surface area contributed by atoms with Gasteiger partial charge in [0.25, 0.3) is 0 Å². The van der Waals surface area contributed by atoms with Gasteiger partial charge in [-0.2, -0.15) is 13.2 Å². The first-order chi connectivity index (χ1) is 14.3. The van der Waals surface area contributed by atoms with E-state index in [9.17, 15) is 22.4 Å². The summed E-state index contributed by atoms with van der Waals surface area (Å²) in [5, 5.41) is 2.75. The molecule has 0 aliphatic carbocycles. The van der Waals surface area contributed by atoms with Crippen molar-refractivity contribution in [3.8, 4) is 0 Å². The Morgan fingerprint density at radius 1 is 1.03 bits per heavy atom. The third-order valence-electron chi connectivity index (χ3n) is 4.93. The largest absolute Gasteiger partial charge is 0.416 e. The van der Waals surface area contributed by atoms with Gasteiger partial charge in [-0.1, -0.05) is 12.1 Å². The van der Waals surface area contributed by atoms with Crippen molar-refractivity contribution in [3.63, 3.8) is 0 Å². The third-order valence-corrected chi connectivity index (χ3v) is 4.93. The quantitative estimate of drug-likeness (QED) is 0.570. The van der Waals surface area contributed by atoms with Gasteiger partial charge in [0.1, 0.15) is 5.82 Å². The number of benzene rings is 2. The standard InChI is InChI=1S/C22H23F4N3O/c23-19-5-7-20(8-6-19)29-14-12-28(13-15-29)11-10-27-21(30)9-4-17-2-1-3-18(16-17)22(24,25)26/h1-9,16H,10-15H2,(H,27,30)/b9-4+. The van der Waals surface area contributed by atoms with Crippen molar-refractivity contribution in [2.75, 3.05) is 44.2 Å². The Balaban J connectivity index is 1.39. The van der Waals surface area contributed by atoms with Gasteiger partial charge in [-0.05, 0) is 48.0 Å². The maximum absolute atomic E-state index is 13.0. The lowest BCUT2D eigenvalue weighted by Gasteiger charge is -2.36. The Hall–Kier alpha value is -2.87. The smallest absolute Gasteiger partial charge is 0.369 e. The van der Waals surface area contributed by atoms with Crippen LogP contribution in [0.3, 0.4) is 0 Å². The Bertz CT molecular complexity index is 873. The minimum absolute atomic E-state index is 0.254. The van der Waals surface area contributed by atoms with E-state index in [1.54, 1.807) is 12.1 Å². The summed E-state index contributed by atoms with van der Waals surface area (Å²) in [5.41, 5.74) is 0.561. The van der Waals surface area contributed by atoms with Crippen LogP contribution in [0.2, 0.25) is 0 Å². The molecule has 1 heterocycles. The van der Waals surface area contributed by atoms with Gasteiger partial charge in [-0.25, -0.2) is 4.39 Å². The molecule has 0 aromatic heterocycles. The number of carbonyl (C=O) groups is 1. The molecule has 0 bridgehead atoms. The molecule has 1 aliphatic heterocycles. The molecular weight excluding hydrogens is 398 g/mol. The molecule has 2 aromatic carbocycles. The van der Waals surface area contributed by atoms with E-state index in [2.05, 4.69) is 15.1 Å². The minimum Gasteiger partial charge on any atom is -0.369 e. The number of alkyl halides is 3. The summed E-state index contributed by atoms with van der Waals surface area (Å²) < 4.78 is 51.2. The molecule has 8 heteroatoms. The van der Waals surface area contributed by atoms with Crippen molar-refractivity contribution in [1.29, 1.82) is 0 Å². The van der Waals surface area contributed by atoms with Crippen LogP contribution < -0.4 is 10.2 Å². The number of piperazine rings is 1. The minimum atomic E-state index is -4.41. The van der Waals surface area contributed by atoms with Crippen LogP contribution in [0.4, 0.5) is 23.2 Å². The van der Waals surface area contributed by atoms with Crippen LogP contribution in [0.25, 0.3) is 6.08 Å². The third kappa shape index (κ3) is 6.32. The van der Waals surface area contributed by atoms with Gasteiger partial charge in [-0.15, -0.1) is 0 Å². The van der Waals surface area contributed by atoms with Crippen LogP contribution in [0.5, 0.6) is 0 Å². The van der Waals surface area contributed by atoms with Crippen LogP contribution in [0.15, 0.2) is 54.6 Å². The molecule has 0 atom stereocenters. The zero-order chi connectivity index (χ0) is 21.6. The molecular formula is C22H23F4N3O. The molecule has 1 aliphatic rings. The van der Waals surface area contributed by atoms with Gasteiger partial charge in [-0.3, -0.25) is 9.69 Å². The highest BCUT2D eigenvalue weighted by molar-refractivity contribution is 5.91. The molecule has 0 spiro atoms. The van der Waals surface area contributed by atoms with Gasteiger partial charge in [0, 0.05) is 51.0 Å². The fraction of sp³-hybridized carbons (Fsp3) is 0.318. The number of hydrogen-bond acceptors (Lipinski definition) is 3. The highest BCUT2D eigenvalue weighted by Gasteiger charge is 2.30. The van der Waals surface area contributed by atoms with E-state index in [1.807, 2.05) is 0 Å². The molecule has 3 rings (SSSR count).